The van der Waals surface area contributed by atoms with Crippen LogP contribution >= 0.6 is 24.0 Å². The molecule has 3 aromatic rings. The normalized spacial score (nSPS) is 12.7. The summed E-state index contributed by atoms with van der Waals surface area (Å²) in [5, 5.41) is 11.3. The summed E-state index contributed by atoms with van der Waals surface area (Å²) < 4.78 is 4.05. The average Bonchev–Trinajstić information content (AvgIpc) is 3.09. The van der Waals surface area contributed by atoms with Crippen LogP contribution in [0.3, 0.4) is 0 Å². The number of fused-ring (bicyclic) bond motifs is 1. The van der Waals surface area contributed by atoms with Crippen LogP contribution in [0.4, 0.5) is 0 Å². The molecule has 7 nitrogen and oxygen atoms in total. The van der Waals surface area contributed by atoms with Crippen molar-refractivity contribution in [2.45, 2.75) is 39.8 Å². The molecular formula is C20H30IN7. The zero-order valence-electron chi connectivity index (χ0n) is 17.4. The van der Waals surface area contributed by atoms with Gasteiger partial charge in [-0.05, 0) is 44.9 Å². The van der Waals surface area contributed by atoms with Crippen molar-refractivity contribution in [1.82, 2.24) is 30.0 Å². The molecule has 3 rings (SSSR count). The fourth-order valence-electron chi connectivity index (χ4n) is 3.41. The van der Waals surface area contributed by atoms with Gasteiger partial charge in [-0.3, -0.25) is 9.67 Å². The van der Waals surface area contributed by atoms with Crippen molar-refractivity contribution in [2.24, 2.45) is 19.1 Å². The van der Waals surface area contributed by atoms with E-state index in [-0.39, 0.29) is 30.0 Å². The topological polar surface area (TPSA) is 72.1 Å². The second-order valence-corrected chi connectivity index (χ2v) is 7.02. The number of nitrogens with zero attached hydrogens (tertiary/aromatic N) is 5. The summed E-state index contributed by atoms with van der Waals surface area (Å²) >= 11 is 0. The van der Waals surface area contributed by atoms with Gasteiger partial charge in [0.05, 0.1) is 23.3 Å². The first-order chi connectivity index (χ1) is 12.9. The van der Waals surface area contributed by atoms with Crippen molar-refractivity contribution in [2.75, 3.05) is 7.05 Å². The highest BCUT2D eigenvalue weighted by molar-refractivity contribution is 14.0. The second-order valence-electron chi connectivity index (χ2n) is 7.02. The lowest BCUT2D eigenvalue weighted by atomic mass is 10.1. The number of nitrogens with one attached hydrogen (secondary N) is 2. The van der Waals surface area contributed by atoms with Crippen molar-refractivity contribution >= 4 is 41.0 Å². The number of benzene rings is 1. The van der Waals surface area contributed by atoms with E-state index in [0.29, 0.717) is 6.54 Å². The Morgan fingerprint density at radius 2 is 1.93 bits per heavy atom. The van der Waals surface area contributed by atoms with Crippen molar-refractivity contribution in [3.8, 4) is 0 Å². The van der Waals surface area contributed by atoms with Crippen molar-refractivity contribution in [3.63, 3.8) is 0 Å². The molecule has 0 amide bonds. The molecule has 0 saturated heterocycles. The molecule has 0 spiro atoms. The smallest absolute Gasteiger partial charge is 0.191 e. The van der Waals surface area contributed by atoms with E-state index in [0.717, 1.165) is 34.9 Å². The first kappa shape index (κ1) is 22.2. The van der Waals surface area contributed by atoms with Gasteiger partial charge in [-0.15, -0.1) is 24.0 Å². The molecule has 1 unspecified atom stereocenters. The number of aryl methyl sites for hydroxylation is 3. The lowest BCUT2D eigenvalue weighted by molar-refractivity contribution is 0.630. The van der Waals surface area contributed by atoms with Crippen molar-refractivity contribution < 1.29 is 0 Å². The fourth-order valence-corrected chi connectivity index (χ4v) is 3.41. The Bertz CT molecular complexity index is 970. The molecule has 1 atom stereocenters. The predicted octanol–water partition coefficient (Wildman–Crippen LogP) is 2.84. The monoisotopic (exact) mass is 495 g/mol. The zero-order valence-corrected chi connectivity index (χ0v) is 19.8. The zero-order chi connectivity index (χ0) is 19.6. The van der Waals surface area contributed by atoms with Gasteiger partial charge in [0, 0.05) is 32.9 Å². The Morgan fingerprint density at radius 3 is 2.54 bits per heavy atom. The lowest BCUT2D eigenvalue weighted by Gasteiger charge is -2.18. The Hall–Kier alpha value is -2.10. The number of hydrogen-bond donors (Lipinski definition) is 2. The minimum atomic E-state index is 0. The van der Waals surface area contributed by atoms with Gasteiger partial charge in [-0.2, -0.15) is 5.10 Å². The third-order valence-corrected chi connectivity index (χ3v) is 5.07. The Morgan fingerprint density at radius 1 is 1.21 bits per heavy atom. The van der Waals surface area contributed by atoms with Gasteiger partial charge < -0.3 is 15.2 Å². The molecule has 0 aliphatic rings. The van der Waals surface area contributed by atoms with E-state index in [4.69, 9.17) is 4.98 Å². The molecule has 28 heavy (non-hydrogen) atoms. The summed E-state index contributed by atoms with van der Waals surface area (Å²) in [6, 6.07) is 8.40. The number of guanidine groups is 1. The molecule has 0 fully saturated rings. The van der Waals surface area contributed by atoms with Crippen LogP contribution in [-0.4, -0.2) is 38.4 Å². The van der Waals surface area contributed by atoms with Crippen LogP contribution in [0.5, 0.6) is 0 Å². The number of aliphatic imine (C=N–C) groups is 1. The molecule has 0 radical (unpaired) electrons. The van der Waals surface area contributed by atoms with Crippen molar-refractivity contribution in [1.29, 1.82) is 0 Å². The van der Waals surface area contributed by atoms with E-state index >= 15 is 0 Å². The van der Waals surface area contributed by atoms with Gasteiger partial charge in [-0.25, -0.2) is 4.98 Å². The average molecular weight is 495 g/mol. The predicted molar refractivity (Wildman–Crippen MR) is 125 cm³/mol. The fraction of sp³-hybridized carbons (Fsp3) is 0.450. The van der Waals surface area contributed by atoms with Crippen LogP contribution in [0.2, 0.25) is 0 Å². The van der Waals surface area contributed by atoms with Crippen LogP contribution in [0.15, 0.2) is 29.3 Å². The molecule has 2 N–H and O–H groups in total. The van der Waals surface area contributed by atoms with E-state index < -0.39 is 0 Å². The number of imidazole rings is 1. The highest BCUT2D eigenvalue weighted by atomic mass is 127. The van der Waals surface area contributed by atoms with Crippen LogP contribution in [-0.2, 0) is 27.1 Å². The Balaban J connectivity index is 0.00000280. The maximum absolute atomic E-state index is 4.70. The van der Waals surface area contributed by atoms with Crippen LogP contribution in [0, 0.1) is 13.8 Å². The standard InChI is InChI=1S/C20H29N7.HI/c1-13(11-16-14(2)25-27(6)15(16)3)23-20(21-4)22-12-19-24-17-9-7-8-10-18(17)26(19)5;/h7-10,13H,11-12H2,1-6H3,(H2,21,22,23);1H. The number of aromatic nitrogens is 4. The molecule has 0 bridgehead atoms. The van der Waals surface area contributed by atoms with E-state index in [9.17, 15) is 0 Å². The number of rotatable bonds is 5. The summed E-state index contributed by atoms with van der Waals surface area (Å²) in [4.78, 5) is 9.05. The molecule has 0 aliphatic carbocycles. The molecule has 2 heterocycles. The van der Waals surface area contributed by atoms with Gasteiger partial charge >= 0.3 is 0 Å². The van der Waals surface area contributed by atoms with E-state index in [1.54, 1.807) is 7.05 Å². The molecule has 1 aromatic carbocycles. The minimum absolute atomic E-state index is 0. The third kappa shape index (κ3) is 4.65. The summed E-state index contributed by atoms with van der Waals surface area (Å²) in [6.07, 6.45) is 0.901. The summed E-state index contributed by atoms with van der Waals surface area (Å²) in [5.74, 6) is 1.75. The summed E-state index contributed by atoms with van der Waals surface area (Å²) in [6.45, 7) is 6.95. The minimum Gasteiger partial charge on any atom is -0.354 e. The first-order valence-electron chi connectivity index (χ1n) is 9.27. The van der Waals surface area contributed by atoms with Crippen LogP contribution in [0.1, 0.15) is 29.7 Å². The van der Waals surface area contributed by atoms with Gasteiger partial charge in [0.15, 0.2) is 5.96 Å². The maximum atomic E-state index is 4.70. The molecule has 2 aromatic heterocycles. The van der Waals surface area contributed by atoms with E-state index in [1.807, 2.05) is 37.0 Å². The van der Waals surface area contributed by atoms with Crippen LogP contribution in [0.25, 0.3) is 11.0 Å². The molecule has 0 saturated carbocycles. The largest absolute Gasteiger partial charge is 0.354 e. The Kier molecular flexibility index (Phi) is 7.45. The molecule has 0 aliphatic heterocycles. The maximum Gasteiger partial charge on any atom is 0.191 e. The summed E-state index contributed by atoms with van der Waals surface area (Å²) in [5.41, 5.74) is 5.74. The number of para-hydroxylation sites is 2. The molecule has 152 valence electrons. The molecular weight excluding hydrogens is 465 g/mol. The Labute approximate surface area is 183 Å². The van der Waals surface area contributed by atoms with Gasteiger partial charge in [0.1, 0.15) is 5.82 Å². The lowest BCUT2D eigenvalue weighted by Crippen LogP contribution is -2.43. The van der Waals surface area contributed by atoms with Gasteiger partial charge in [-0.1, -0.05) is 12.1 Å². The second kappa shape index (κ2) is 9.40. The van der Waals surface area contributed by atoms with Crippen LogP contribution < -0.4 is 10.6 Å². The number of halogens is 1. The number of hydrogen-bond acceptors (Lipinski definition) is 3. The molecule has 8 heteroatoms. The van der Waals surface area contributed by atoms with E-state index in [2.05, 4.69) is 52.1 Å². The van der Waals surface area contributed by atoms with Gasteiger partial charge in [0.25, 0.3) is 0 Å². The highest BCUT2D eigenvalue weighted by Gasteiger charge is 2.14. The first-order valence-corrected chi connectivity index (χ1v) is 9.27. The van der Waals surface area contributed by atoms with Gasteiger partial charge in [0.2, 0.25) is 0 Å². The van der Waals surface area contributed by atoms with E-state index in [1.165, 1.54) is 11.3 Å². The van der Waals surface area contributed by atoms with Crippen molar-refractivity contribution in [3.05, 3.63) is 47.0 Å². The summed E-state index contributed by atoms with van der Waals surface area (Å²) in [7, 11) is 5.82. The highest BCUT2D eigenvalue weighted by Crippen LogP contribution is 2.15. The quantitative estimate of drug-likeness (QED) is 0.325. The SMILES string of the molecule is CN=C(NCc1nc2ccccc2n1C)NC(C)Cc1c(C)nn(C)c1C.I. The third-order valence-electron chi connectivity index (χ3n) is 5.07.